The number of hydrogen-bond acceptors (Lipinski definition) is 4. The summed E-state index contributed by atoms with van der Waals surface area (Å²) in [6.45, 7) is 11.2. The fourth-order valence-corrected chi connectivity index (χ4v) is 3.71. The number of rotatable bonds is 5. The van der Waals surface area contributed by atoms with Crippen LogP contribution in [0.1, 0.15) is 44.9 Å². The van der Waals surface area contributed by atoms with Crippen molar-refractivity contribution >= 4 is 5.97 Å². The molecule has 2 N–H and O–H groups in total. The number of hydrogen-bond donors (Lipinski definition) is 2. The van der Waals surface area contributed by atoms with Crippen molar-refractivity contribution in [1.29, 1.82) is 0 Å². The second-order valence-electron chi connectivity index (χ2n) is 7.62. The minimum Gasteiger partial charge on any atom is -0.508 e. The number of aromatic hydroxyl groups is 2. The van der Waals surface area contributed by atoms with E-state index in [1.807, 2.05) is 58.0 Å². The molecule has 0 aliphatic rings. The largest absolute Gasteiger partial charge is 0.508 e. The van der Waals surface area contributed by atoms with Crippen molar-refractivity contribution in [2.24, 2.45) is 0 Å². The normalized spacial score (nSPS) is 11.7. The molecule has 1 unspecified atom stereocenters. The summed E-state index contributed by atoms with van der Waals surface area (Å²) in [5.74, 6) is 0.360. The first kappa shape index (κ1) is 21.2. The fourth-order valence-electron chi connectivity index (χ4n) is 3.71. The number of ether oxygens (including phenoxy) is 1. The first-order chi connectivity index (χ1) is 14.2. The van der Waals surface area contributed by atoms with Crippen molar-refractivity contribution in [3.05, 3.63) is 100 Å². The summed E-state index contributed by atoms with van der Waals surface area (Å²) in [4.78, 5) is 11.7. The van der Waals surface area contributed by atoms with Gasteiger partial charge in [0.15, 0.2) is 0 Å². The van der Waals surface area contributed by atoms with Crippen LogP contribution >= 0.6 is 0 Å². The predicted octanol–water partition coefficient (Wildman–Crippen LogP) is 5.60. The zero-order chi connectivity index (χ0) is 22.0. The number of aryl methyl sites for hydroxylation is 4. The summed E-state index contributed by atoms with van der Waals surface area (Å²) in [5, 5.41) is 19.9. The molecule has 3 aromatic rings. The summed E-state index contributed by atoms with van der Waals surface area (Å²) in [7, 11) is 0. The molecule has 0 aromatic heterocycles. The molecule has 0 heterocycles. The van der Waals surface area contributed by atoms with Crippen LogP contribution in [0.2, 0.25) is 0 Å². The Kier molecular flexibility index (Phi) is 5.97. The van der Waals surface area contributed by atoms with Gasteiger partial charge in [-0.05, 0) is 90.9 Å². The Hall–Kier alpha value is -3.53. The van der Waals surface area contributed by atoms with Gasteiger partial charge in [-0.3, -0.25) is 0 Å². The third-order valence-electron chi connectivity index (χ3n) is 5.37. The Morgan fingerprint density at radius 3 is 2.03 bits per heavy atom. The molecule has 0 aliphatic carbocycles. The topological polar surface area (TPSA) is 66.8 Å². The zero-order valence-electron chi connectivity index (χ0n) is 17.7. The Balaban J connectivity index is 2.22. The van der Waals surface area contributed by atoms with Gasteiger partial charge in [0.2, 0.25) is 0 Å². The molecule has 0 saturated heterocycles. The van der Waals surface area contributed by atoms with E-state index >= 15 is 0 Å². The fraction of sp³-hybridized carbons (Fsp3) is 0.192. The van der Waals surface area contributed by atoms with Crippen molar-refractivity contribution in [3.63, 3.8) is 0 Å². The van der Waals surface area contributed by atoms with Gasteiger partial charge in [-0.1, -0.05) is 30.8 Å². The molecule has 0 radical (unpaired) electrons. The van der Waals surface area contributed by atoms with Crippen LogP contribution in [0, 0.1) is 27.7 Å². The van der Waals surface area contributed by atoms with Crippen LogP contribution in [-0.4, -0.2) is 16.2 Å². The molecule has 0 bridgehead atoms. The highest BCUT2D eigenvalue weighted by molar-refractivity contribution is 5.83. The van der Waals surface area contributed by atoms with Gasteiger partial charge in [-0.25, -0.2) is 4.79 Å². The quantitative estimate of drug-likeness (QED) is 0.252. The van der Waals surface area contributed by atoms with E-state index in [2.05, 4.69) is 6.58 Å². The molecule has 4 nitrogen and oxygen atoms in total. The molecule has 0 spiro atoms. The van der Waals surface area contributed by atoms with Crippen molar-refractivity contribution < 1.29 is 19.7 Å². The predicted molar refractivity (Wildman–Crippen MR) is 118 cm³/mol. The molecule has 4 heteroatoms. The standard InChI is InChI=1S/C26H26O4/c1-6-25(29)30-24-14-16(3)22(12-18(24)5)26(19-7-9-20(27)10-8-19)21-11-17(4)23(28)13-15(21)2/h6-14,26-28H,1H2,2-5H3. The summed E-state index contributed by atoms with van der Waals surface area (Å²) in [6, 6.07) is 14.8. The minimum absolute atomic E-state index is 0.118. The Bertz CT molecular complexity index is 1110. The van der Waals surface area contributed by atoms with Crippen molar-refractivity contribution in [3.8, 4) is 17.2 Å². The van der Waals surface area contributed by atoms with Crippen LogP contribution in [0.4, 0.5) is 0 Å². The van der Waals surface area contributed by atoms with E-state index in [9.17, 15) is 15.0 Å². The van der Waals surface area contributed by atoms with Gasteiger partial charge >= 0.3 is 5.97 Å². The van der Waals surface area contributed by atoms with Gasteiger partial charge in [-0.2, -0.15) is 0 Å². The average molecular weight is 402 g/mol. The van der Waals surface area contributed by atoms with E-state index < -0.39 is 5.97 Å². The number of phenols is 2. The zero-order valence-corrected chi connectivity index (χ0v) is 17.7. The van der Waals surface area contributed by atoms with Gasteiger partial charge in [0, 0.05) is 12.0 Å². The highest BCUT2D eigenvalue weighted by atomic mass is 16.5. The van der Waals surface area contributed by atoms with Crippen LogP contribution in [0.15, 0.2) is 61.2 Å². The lowest BCUT2D eigenvalue weighted by Crippen LogP contribution is -2.10. The number of benzene rings is 3. The maximum absolute atomic E-state index is 11.7. The Labute approximate surface area is 177 Å². The van der Waals surface area contributed by atoms with E-state index in [1.54, 1.807) is 18.2 Å². The maximum atomic E-state index is 11.7. The van der Waals surface area contributed by atoms with Crippen LogP contribution in [0.3, 0.4) is 0 Å². The monoisotopic (exact) mass is 402 g/mol. The van der Waals surface area contributed by atoms with Gasteiger partial charge < -0.3 is 14.9 Å². The molecular formula is C26H26O4. The smallest absolute Gasteiger partial charge is 0.335 e. The van der Waals surface area contributed by atoms with Gasteiger partial charge in [0.25, 0.3) is 0 Å². The van der Waals surface area contributed by atoms with E-state index in [1.165, 1.54) is 0 Å². The Morgan fingerprint density at radius 2 is 1.43 bits per heavy atom. The number of carbonyl (C=O) groups is 1. The van der Waals surface area contributed by atoms with Crippen LogP contribution in [0.5, 0.6) is 17.2 Å². The summed E-state index contributed by atoms with van der Waals surface area (Å²) in [6.07, 6.45) is 1.14. The average Bonchev–Trinajstić information content (AvgIpc) is 2.70. The summed E-state index contributed by atoms with van der Waals surface area (Å²) in [5.41, 5.74) is 6.71. The lowest BCUT2D eigenvalue weighted by molar-refractivity contribution is -0.129. The third kappa shape index (κ3) is 4.23. The minimum atomic E-state index is -0.495. The van der Waals surface area contributed by atoms with E-state index in [4.69, 9.17) is 4.74 Å². The van der Waals surface area contributed by atoms with E-state index in [0.29, 0.717) is 5.75 Å². The second-order valence-corrected chi connectivity index (χ2v) is 7.62. The van der Waals surface area contributed by atoms with Gasteiger partial charge in [0.05, 0.1) is 0 Å². The second kappa shape index (κ2) is 8.46. The number of phenolic OH excluding ortho intramolecular Hbond substituents is 2. The van der Waals surface area contributed by atoms with Crippen LogP contribution < -0.4 is 4.74 Å². The molecule has 3 aromatic carbocycles. The lowest BCUT2D eigenvalue weighted by atomic mass is 9.80. The van der Waals surface area contributed by atoms with Crippen molar-refractivity contribution in [2.75, 3.05) is 0 Å². The third-order valence-corrected chi connectivity index (χ3v) is 5.37. The molecule has 3 rings (SSSR count). The van der Waals surface area contributed by atoms with E-state index in [0.717, 1.165) is 45.0 Å². The van der Waals surface area contributed by atoms with Crippen molar-refractivity contribution in [2.45, 2.75) is 33.6 Å². The lowest BCUT2D eigenvalue weighted by Gasteiger charge is -2.24. The molecule has 0 amide bonds. The number of carbonyl (C=O) groups excluding carboxylic acids is 1. The Morgan fingerprint density at radius 1 is 0.867 bits per heavy atom. The van der Waals surface area contributed by atoms with Crippen molar-refractivity contribution in [1.82, 2.24) is 0 Å². The number of esters is 1. The summed E-state index contributed by atoms with van der Waals surface area (Å²) >= 11 is 0. The van der Waals surface area contributed by atoms with Crippen LogP contribution in [-0.2, 0) is 4.79 Å². The maximum Gasteiger partial charge on any atom is 0.335 e. The van der Waals surface area contributed by atoms with Gasteiger partial charge in [0.1, 0.15) is 17.2 Å². The molecule has 154 valence electrons. The summed E-state index contributed by atoms with van der Waals surface area (Å²) < 4.78 is 5.37. The molecule has 0 fully saturated rings. The highest BCUT2D eigenvalue weighted by Crippen LogP contribution is 2.40. The first-order valence-electron chi connectivity index (χ1n) is 9.75. The molecule has 0 saturated carbocycles. The SMILES string of the molecule is C=CC(=O)Oc1cc(C)c(C(c2ccc(O)cc2)c2cc(C)c(O)cc2C)cc1C. The molecule has 0 aliphatic heterocycles. The van der Waals surface area contributed by atoms with Crippen LogP contribution in [0.25, 0.3) is 0 Å². The highest BCUT2D eigenvalue weighted by Gasteiger charge is 2.23. The first-order valence-corrected chi connectivity index (χ1v) is 9.75. The van der Waals surface area contributed by atoms with E-state index in [-0.39, 0.29) is 17.4 Å². The van der Waals surface area contributed by atoms with Gasteiger partial charge in [-0.15, -0.1) is 0 Å². The molecular weight excluding hydrogens is 376 g/mol. The molecule has 30 heavy (non-hydrogen) atoms. The molecule has 1 atom stereocenters.